The van der Waals surface area contributed by atoms with Crippen LogP contribution in [0.5, 0.6) is 0 Å². The second kappa shape index (κ2) is 28.9. The van der Waals surface area contributed by atoms with Crippen molar-refractivity contribution < 1.29 is 27.5 Å². The van der Waals surface area contributed by atoms with E-state index in [9.17, 15) is 0 Å². The van der Waals surface area contributed by atoms with Crippen LogP contribution in [0.4, 0.5) is 0 Å². The molecule has 0 aliphatic heterocycles. The van der Waals surface area contributed by atoms with Crippen LogP contribution < -0.4 is 17.3 Å². The van der Waals surface area contributed by atoms with Gasteiger partial charge in [-0.25, -0.2) is 0 Å². The average Bonchev–Trinajstić information content (AvgIpc) is 3.07. The Bertz CT molecular complexity index is 372. The molecule has 0 aliphatic rings. The molecule has 0 spiro atoms. The van der Waals surface area contributed by atoms with E-state index in [1.807, 2.05) is 16.8 Å². The minimum absolute atomic E-state index is 0. The van der Waals surface area contributed by atoms with E-state index in [0.717, 1.165) is 31.8 Å². The summed E-state index contributed by atoms with van der Waals surface area (Å²) in [5.41, 5.74) is 0. The van der Waals surface area contributed by atoms with Crippen molar-refractivity contribution in [1.29, 1.82) is 0 Å². The summed E-state index contributed by atoms with van der Waals surface area (Å²) in [5.74, 6) is 2.78. The van der Waals surface area contributed by atoms with Crippen LogP contribution in [0, 0.1) is 12.3 Å². The van der Waals surface area contributed by atoms with Gasteiger partial charge in [-0.2, -0.15) is 0 Å². The van der Waals surface area contributed by atoms with Crippen LogP contribution in [0.25, 0.3) is 0 Å². The minimum Gasteiger partial charge on any atom is -1.00 e. The Morgan fingerprint density at radius 1 is 1.27 bits per heavy atom. The molecule has 0 saturated heterocycles. The molecule has 9 heteroatoms. The number of quaternary nitrogens is 1. The highest BCUT2D eigenvalue weighted by Gasteiger charge is 1.92. The van der Waals surface area contributed by atoms with Crippen molar-refractivity contribution in [2.24, 2.45) is 0 Å². The molecule has 0 atom stereocenters. The number of rotatable bonds is 7. The summed E-state index contributed by atoms with van der Waals surface area (Å²) < 4.78 is 1.85. The van der Waals surface area contributed by atoms with Crippen molar-refractivity contribution >= 4 is 11.6 Å². The number of halogens is 2. The maximum absolute atomic E-state index is 7.64. The van der Waals surface area contributed by atoms with Crippen LogP contribution in [0.1, 0.15) is 19.8 Å². The highest BCUT2D eigenvalue weighted by Crippen LogP contribution is 1.88. The second-order valence-corrected chi connectivity index (χ2v) is 5.88. The lowest BCUT2D eigenvalue weighted by molar-refractivity contribution is -0.858. The fraction of sp³-hybridized carbons (Fsp3) is 0.765. The van der Waals surface area contributed by atoms with Gasteiger partial charge >= 0.3 is 0 Å². The lowest BCUT2D eigenvalue weighted by atomic mass is 10.4. The summed E-state index contributed by atoms with van der Waals surface area (Å²) in [7, 11) is 8.40. The molecule has 7 nitrogen and oxygen atoms in total. The third-order valence-corrected chi connectivity index (χ3v) is 2.63. The maximum Gasteiger partial charge on any atom is 0.103 e. The smallest absolute Gasteiger partial charge is 0.103 e. The number of aliphatic hydroxyl groups is 2. The van der Waals surface area contributed by atoms with Gasteiger partial charge in [-0.15, -0.1) is 23.1 Å². The molecule has 1 aromatic heterocycles. The topological polar surface area (TPSA) is 78.8 Å². The van der Waals surface area contributed by atoms with Gasteiger partial charge in [0.15, 0.2) is 0 Å². The number of aliphatic hydroxyl groups excluding tert-OH is 2. The summed E-state index contributed by atoms with van der Waals surface area (Å²) in [6.45, 7) is 5.02. The molecule has 0 aliphatic carbocycles. The molecule has 156 valence electrons. The van der Waals surface area contributed by atoms with Gasteiger partial charge in [0.05, 0.1) is 26.8 Å². The zero-order valence-corrected chi connectivity index (χ0v) is 18.3. The molecule has 1 heterocycles. The van der Waals surface area contributed by atoms with Crippen LogP contribution in [0.15, 0.2) is 12.4 Å². The zero-order chi connectivity index (χ0) is 19.9. The van der Waals surface area contributed by atoms with Gasteiger partial charge in [-0.1, -0.05) is 11.1 Å². The molecule has 0 unspecified atom stereocenters. The normalized spacial score (nSPS) is 8.81. The Kier molecular flexibility index (Phi) is 36.4. The fourth-order valence-electron chi connectivity index (χ4n) is 1.32. The number of hydrogen-bond donors (Lipinski definition) is 3. The summed E-state index contributed by atoms with van der Waals surface area (Å²) in [6, 6.07) is 0. The molecular weight excluding hydrogens is 377 g/mol. The van der Waals surface area contributed by atoms with Gasteiger partial charge in [0.2, 0.25) is 0 Å². The lowest BCUT2D eigenvalue weighted by Crippen LogP contribution is -3.05. The highest BCUT2D eigenvalue weighted by molar-refractivity contribution is 6.17. The van der Waals surface area contributed by atoms with E-state index in [1.54, 1.807) is 13.1 Å². The number of terminal acetylenes is 1. The average molecular weight is 414 g/mol. The molecule has 0 radical (unpaired) electrons. The lowest BCUT2D eigenvalue weighted by Gasteiger charge is -2.07. The predicted molar refractivity (Wildman–Crippen MR) is 105 cm³/mol. The van der Waals surface area contributed by atoms with Gasteiger partial charge in [-0.05, 0) is 34.0 Å². The fourth-order valence-corrected chi connectivity index (χ4v) is 1.45. The molecule has 1 rings (SSSR count). The predicted octanol–water partition coefficient (Wildman–Crippen LogP) is -3.40. The van der Waals surface area contributed by atoms with Crippen molar-refractivity contribution in [1.82, 2.24) is 19.9 Å². The molecule has 26 heavy (non-hydrogen) atoms. The first-order valence-electron chi connectivity index (χ1n) is 8.38. The Balaban J connectivity index is -0.000000140. The summed E-state index contributed by atoms with van der Waals surface area (Å²) in [6.07, 6.45) is 10.4. The number of aromatic nitrogens is 3. The molecule has 0 bridgehead atoms. The van der Waals surface area contributed by atoms with E-state index in [0.29, 0.717) is 0 Å². The largest absolute Gasteiger partial charge is 1.00 e. The number of nitrogens with zero attached hydrogens (tertiary/aromatic N) is 4. The molecular formula is C17H37Cl2N5O2. The van der Waals surface area contributed by atoms with Gasteiger partial charge < -0.3 is 32.4 Å². The van der Waals surface area contributed by atoms with Crippen LogP contribution in [-0.2, 0) is 6.54 Å². The maximum atomic E-state index is 7.64. The number of nitrogens with one attached hydrogen (secondary N) is 1. The Morgan fingerprint density at radius 2 is 1.81 bits per heavy atom. The van der Waals surface area contributed by atoms with Crippen molar-refractivity contribution in [2.45, 2.75) is 26.3 Å². The molecule has 0 saturated carbocycles. The Hall–Kier alpha value is -0.880. The molecule has 3 N–H and O–H groups in total. The molecule has 1 aromatic rings. The first-order valence-corrected chi connectivity index (χ1v) is 8.91. The van der Waals surface area contributed by atoms with Gasteiger partial charge in [-0.3, -0.25) is 4.68 Å². The van der Waals surface area contributed by atoms with Crippen molar-refractivity contribution in [2.75, 3.05) is 60.4 Å². The van der Waals surface area contributed by atoms with E-state index in [1.165, 1.54) is 11.4 Å². The van der Waals surface area contributed by atoms with Gasteiger partial charge in [0.25, 0.3) is 0 Å². The van der Waals surface area contributed by atoms with E-state index in [2.05, 4.69) is 49.8 Å². The number of alkyl halides is 1. The highest BCUT2D eigenvalue weighted by atomic mass is 35.5. The van der Waals surface area contributed by atoms with E-state index in [4.69, 9.17) is 21.8 Å². The summed E-state index contributed by atoms with van der Waals surface area (Å²) in [4.78, 5) is 3.64. The van der Waals surface area contributed by atoms with Crippen molar-refractivity contribution in [3.8, 4) is 12.3 Å². The SMILES string of the molecule is C#CCO.CCO.CN(C)CCCn1ccnn1.C[NH+](C)CCCCl.[Cl-]. The van der Waals surface area contributed by atoms with Crippen LogP contribution in [0.3, 0.4) is 0 Å². The van der Waals surface area contributed by atoms with Gasteiger partial charge in [0.1, 0.15) is 6.61 Å². The Labute approximate surface area is 170 Å². The first-order chi connectivity index (χ1) is 11.9. The summed E-state index contributed by atoms with van der Waals surface area (Å²) >= 11 is 5.43. The van der Waals surface area contributed by atoms with E-state index in [-0.39, 0.29) is 25.6 Å². The van der Waals surface area contributed by atoms with Crippen LogP contribution in [-0.4, -0.2) is 90.5 Å². The first kappa shape index (κ1) is 32.8. The third-order valence-electron chi connectivity index (χ3n) is 2.37. The van der Waals surface area contributed by atoms with E-state index >= 15 is 0 Å². The summed E-state index contributed by atoms with van der Waals surface area (Å²) in [5, 5.41) is 22.8. The van der Waals surface area contributed by atoms with Crippen LogP contribution >= 0.6 is 11.6 Å². The number of aryl methyl sites for hydroxylation is 1. The monoisotopic (exact) mass is 413 g/mol. The molecule has 0 aromatic carbocycles. The molecule has 0 amide bonds. The van der Waals surface area contributed by atoms with Crippen LogP contribution in [0.2, 0.25) is 0 Å². The third kappa shape index (κ3) is 38.6. The second-order valence-electron chi connectivity index (χ2n) is 5.50. The molecule has 0 fully saturated rings. The van der Waals surface area contributed by atoms with E-state index < -0.39 is 0 Å². The Morgan fingerprint density at radius 3 is 2.08 bits per heavy atom. The standard InChI is InChI=1S/C7H14N4.C5H12ClN.C3H4O.C2H6O.ClH/c1-10(2)5-3-6-11-7-4-8-9-11;1-7(2)5-3-4-6;1-2-3-4;1-2-3;/h4,7H,3,5-6H2,1-2H3;3-5H2,1-2H3;1,4H,3H2;3H,2H2,1H3;1H. The van der Waals surface area contributed by atoms with Crippen molar-refractivity contribution in [3.63, 3.8) is 0 Å². The quantitative estimate of drug-likeness (QED) is 0.320. The van der Waals surface area contributed by atoms with Gasteiger partial charge in [0, 0.05) is 31.6 Å². The zero-order valence-electron chi connectivity index (χ0n) is 16.8. The number of hydrogen-bond acceptors (Lipinski definition) is 5. The van der Waals surface area contributed by atoms with Crippen molar-refractivity contribution in [3.05, 3.63) is 12.4 Å². The minimum atomic E-state index is -0.153.